The number of ether oxygens (including phenoxy) is 2. The maximum Gasteiger partial charge on any atom is 0.142 e. The van der Waals surface area contributed by atoms with Crippen molar-refractivity contribution in [2.75, 3.05) is 20.8 Å². The first-order chi connectivity index (χ1) is 9.18. The summed E-state index contributed by atoms with van der Waals surface area (Å²) in [6.45, 7) is 7.02. The van der Waals surface area contributed by atoms with E-state index in [9.17, 15) is 0 Å². The number of likely N-dealkylation sites (N-methyl/N-ethyl adjacent to an activating group) is 1. The molecule has 1 atom stereocenters. The van der Waals surface area contributed by atoms with E-state index in [1.807, 2.05) is 26.1 Å². The summed E-state index contributed by atoms with van der Waals surface area (Å²) in [7, 11) is 3.62. The minimum absolute atomic E-state index is 0.0126. The third-order valence-electron chi connectivity index (χ3n) is 3.74. The molecule has 108 valence electrons. The Morgan fingerprint density at radius 3 is 2.47 bits per heavy atom. The topological polar surface area (TPSA) is 43.4 Å². The zero-order valence-corrected chi connectivity index (χ0v) is 12.7. The maximum atomic E-state index is 6.08. The Balaban J connectivity index is 3.23. The number of nitrogens with zero attached hydrogens (tertiary/aromatic N) is 1. The minimum atomic E-state index is -0.259. The van der Waals surface area contributed by atoms with Crippen LogP contribution in [0.5, 0.6) is 5.75 Å². The van der Waals surface area contributed by atoms with Gasteiger partial charge in [-0.15, -0.1) is 0 Å². The number of nitrogens with one attached hydrogen (secondary N) is 1. The zero-order valence-electron chi connectivity index (χ0n) is 12.7. The molecule has 0 fully saturated rings. The Morgan fingerprint density at radius 1 is 1.32 bits per heavy atom. The van der Waals surface area contributed by atoms with Crippen molar-refractivity contribution < 1.29 is 9.47 Å². The highest BCUT2D eigenvalue weighted by Crippen LogP contribution is 2.37. The summed E-state index contributed by atoms with van der Waals surface area (Å²) in [6, 6.07) is 3.84. The fourth-order valence-electron chi connectivity index (χ4n) is 2.67. The number of pyridine rings is 1. The van der Waals surface area contributed by atoms with Gasteiger partial charge in [0.1, 0.15) is 11.4 Å². The minimum Gasteiger partial charge on any atom is -0.495 e. The van der Waals surface area contributed by atoms with Crippen molar-refractivity contribution >= 4 is 0 Å². The van der Waals surface area contributed by atoms with Crippen LogP contribution >= 0.6 is 0 Å². The Hall–Kier alpha value is -1.13. The molecule has 0 saturated heterocycles. The highest BCUT2D eigenvalue weighted by molar-refractivity contribution is 5.31. The summed E-state index contributed by atoms with van der Waals surface area (Å²) < 4.78 is 11.5. The van der Waals surface area contributed by atoms with Crippen LogP contribution in [0.2, 0.25) is 0 Å². The van der Waals surface area contributed by atoms with Crippen LogP contribution in [0, 0.1) is 0 Å². The van der Waals surface area contributed by atoms with Crippen molar-refractivity contribution in [1.29, 1.82) is 0 Å². The molecule has 0 radical (unpaired) electrons. The van der Waals surface area contributed by atoms with Crippen molar-refractivity contribution in [3.63, 3.8) is 0 Å². The number of rotatable bonds is 8. The fraction of sp³-hybridized carbons (Fsp3) is 0.667. The summed E-state index contributed by atoms with van der Waals surface area (Å²) in [5.41, 5.74) is 0.648. The predicted molar refractivity (Wildman–Crippen MR) is 77.5 cm³/mol. The van der Waals surface area contributed by atoms with Gasteiger partial charge in [-0.05, 0) is 38.9 Å². The number of hydrogen-bond donors (Lipinski definition) is 1. The summed E-state index contributed by atoms with van der Waals surface area (Å²) in [4.78, 5) is 4.50. The second kappa shape index (κ2) is 7.46. The van der Waals surface area contributed by atoms with Crippen LogP contribution in [0.25, 0.3) is 0 Å². The van der Waals surface area contributed by atoms with Gasteiger partial charge < -0.3 is 14.8 Å². The molecule has 1 N–H and O–H groups in total. The summed E-state index contributed by atoms with van der Waals surface area (Å²) in [5.74, 6) is 0.799. The third kappa shape index (κ3) is 3.25. The first-order valence-corrected chi connectivity index (χ1v) is 6.99. The molecule has 0 aromatic carbocycles. The average Bonchev–Trinajstić information content (AvgIpc) is 2.47. The van der Waals surface area contributed by atoms with Gasteiger partial charge in [0.2, 0.25) is 0 Å². The molecule has 1 rings (SSSR count). The first-order valence-electron chi connectivity index (χ1n) is 6.99. The Labute approximate surface area is 116 Å². The van der Waals surface area contributed by atoms with Gasteiger partial charge in [0, 0.05) is 12.8 Å². The molecule has 0 aliphatic carbocycles. The van der Waals surface area contributed by atoms with Gasteiger partial charge in [-0.3, -0.25) is 4.98 Å². The molecule has 1 unspecified atom stereocenters. The van der Waals surface area contributed by atoms with Crippen molar-refractivity contribution in [1.82, 2.24) is 10.3 Å². The molecule has 0 bridgehead atoms. The largest absolute Gasteiger partial charge is 0.495 e. The molecular weight excluding hydrogens is 240 g/mol. The molecule has 0 amide bonds. The van der Waals surface area contributed by atoms with E-state index < -0.39 is 0 Å². The van der Waals surface area contributed by atoms with Crippen LogP contribution in [0.3, 0.4) is 0 Å². The Kier molecular flexibility index (Phi) is 6.25. The lowest BCUT2D eigenvalue weighted by molar-refractivity contribution is -0.0730. The molecule has 19 heavy (non-hydrogen) atoms. The smallest absolute Gasteiger partial charge is 0.142 e. The molecule has 1 heterocycles. The van der Waals surface area contributed by atoms with Crippen molar-refractivity contribution in [2.24, 2.45) is 0 Å². The van der Waals surface area contributed by atoms with E-state index in [-0.39, 0.29) is 11.6 Å². The van der Waals surface area contributed by atoms with Crippen LogP contribution in [0.4, 0.5) is 0 Å². The van der Waals surface area contributed by atoms with Crippen molar-refractivity contribution in [3.05, 3.63) is 24.0 Å². The van der Waals surface area contributed by atoms with Gasteiger partial charge >= 0.3 is 0 Å². The maximum absolute atomic E-state index is 6.08. The van der Waals surface area contributed by atoms with E-state index in [0.29, 0.717) is 6.61 Å². The molecular formula is C15H26N2O2. The number of hydrogen-bond acceptors (Lipinski definition) is 4. The lowest BCUT2D eigenvalue weighted by Crippen LogP contribution is -2.45. The van der Waals surface area contributed by atoms with E-state index in [4.69, 9.17) is 9.47 Å². The standard InChI is InChI=1S/C15H26N2O2/c1-6-15(7-2,19-8-3)14(16-4)13-12(18-5)10-9-11-17-13/h9-11,14,16H,6-8H2,1-5H3. The molecule has 0 saturated carbocycles. The lowest BCUT2D eigenvalue weighted by atomic mass is 9.85. The third-order valence-corrected chi connectivity index (χ3v) is 3.74. The van der Waals surface area contributed by atoms with Gasteiger partial charge in [0.05, 0.1) is 18.8 Å². The summed E-state index contributed by atoms with van der Waals surface area (Å²) in [5, 5.41) is 3.35. The highest BCUT2D eigenvalue weighted by Gasteiger charge is 2.38. The predicted octanol–water partition coefficient (Wildman–Crippen LogP) is 2.95. The average molecular weight is 266 g/mol. The SMILES string of the molecule is CCOC(CC)(CC)C(NC)c1ncccc1OC. The molecule has 4 heteroatoms. The van der Waals surface area contributed by atoms with Gasteiger partial charge in [-0.2, -0.15) is 0 Å². The molecule has 0 spiro atoms. The molecule has 0 aliphatic heterocycles. The van der Waals surface area contributed by atoms with Crippen molar-refractivity contribution in [2.45, 2.75) is 45.3 Å². The molecule has 1 aromatic rings. The van der Waals surface area contributed by atoms with E-state index in [1.165, 1.54) is 0 Å². The lowest BCUT2D eigenvalue weighted by Gasteiger charge is -2.39. The van der Waals surface area contributed by atoms with Crippen LogP contribution in [-0.2, 0) is 4.74 Å². The number of methoxy groups -OCH3 is 1. The van der Waals surface area contributed by atoms with E-state index in [0.717, 1.165) is 24.3 Å². The highest BCUT2D eigenvalue weighted by atomic mass is 16.5. The van der Waals surface area contributed by atoms with Gasteiger partial charge in [0.15, 0.2) is 0 Å². The Bertz CT molecular complexity index is 378. The molecule has 4 nitrogen and oxygen atoms in total. The normalized spacial score (nSPS) is 13.3. The second-order valence-electron chi connectivity index (χ2n) is 4.52. The van der Waals surface area contributed by atoms with Gasteiger partial charge in [0.25, 0.3) is 0 Å². The van der Waals surface area contributed by atoms with Crippen LogP contribution in [0.1, 0.15) is 45.3 Å². The number of aromatic nitrogens is 1. The second-order valence-corrected chi connectivity index (χ2v) is 4.52. The van der Waals surface area contributed by atoms with Crippen LogP contribution < -0.4 is 10.1 Å². The van der Waals surface area contributed by atoms with Crippen LogP contribution in [-0.4, -0.2) is 31.3 Å². The quantitative estimate of drug-likeness (QED) is 0.785. The molecule has 1 aromatic heterocycles. The van der Waals surface area contributed by atoms with E-state index >= 15 is 0 Å². The van der Waals surface area contributed by atoms with E-state index in [1.54, 1.807) is 13.3 Å². The zero-order chi connectivity index (χ0) is 14.3. The van der Waals surface area contributed by atoms with Gasteiger partial charge in [-0.25, -0.2) is 0 Å². The van der Waals surface area contributed by atoms with Crippen LogP contribution in [0.15, 0.2) is 18.3 Å². The summed E-state index contributed by atoms with van der Waals surface area (Å²) in [6.07, 6.45) is 3.63. The molecule has 0 aliphatic rings. The van der Waals surface area contributed by atoms with Gasteiger partial charge in [-0.1, -0.05) is 13.8 Å². The Morgan fingerprint density at radius 2 is 2.00 bits per heavy atom. The first kappa shape index (κ1) is 15.9. The van der Waals surface area contributed by atoms with E-state index in [2.05, 4.69) is 24.1 Å². The fourth-order valence-corrected chi connectivity index (χ4v) is 2.67. The monoisotopic (exact) mass is 266 g/mol. The van der Waals surface area contributed by atoms with Crippen molar-refractivity contribution in [3.8, 4) is 5.75 Å². The summed E-state index contributed by atoms with van der Waals surface area (Å²) >= 11 is 0.